The molecule has 4 rings (SSSR count). The Kier molecular flexibility index (Phi) is 3.73. The highest BCUT2D eigenvalue weighted by Gasteiger charge is 2.31. The zero-order valence-corrected chi connectivity index (χ0v) is 13.7. The van der Waals surface area contributed by atoms with Crippen molar-refractivity contribution in [3.63, 3.8) is 0 Å². The molecule has 1 N–H and O–H groups in total. The third kappa shape index (κ3) is 2.54. The van der Waals surface area contributed by atoms with E-state index >= 15 is 0 Å². The van der Waals surface area contributed by atoms with Gasteiger partial charge in [-0.05, 0) is 42.7 Å². The number of aromatic nitrogens is 1. The number of hydrogen-bond donors (Lipinski definition) is 1. The maximum Gasteiger partial charge on any atom is 0.270 e. The lowest BCUT2D eigenvalue weighted by Gasteiger charge is -2.24. The van der Waals surface area contributed by atoms with Gasteiger partial charge >= 0.3 is 0 Å². The van der Waals surface area contributed by atoms with Crippen molar-refractivity contribution in [3.05, 3.63) is 65.9 Å². The SMILES string of the molecule is COc1ccc([C@@H]2CCCN2C(=O)c2cc3ccccc3[nH]2)cc1. The Hall–Kier alpha value is -2.75. The van der Waals surface area contributed by atoms with Crippen LogP contribution in [-0.4, -0.2) is 29.4 Å². The molecule has 0 aliphatic carbocycles. The van der Waals surface area contributed by atoms with Gasteiger partial charge in [0.05, 0.1) is 13.2 Å². The highest BCUT2D eigenvalue weighted by molar-refractivity contribution is 5.98. The van der Waals surface area contributed by atoms with E-state index in [1.165, 1.54) is 0 Å². The fourth-order valence-electron chi connectivity index (χ4n) is 3.53. The molecule has 3 aromatic rings. The van der Waals surface area contributed by atoms with Crippen LogP contribution in [0.5, 0.6) is 5.75 Å². The van der Waals surface area contributed by atoms with Crippen LogP contribution in [0.2, 0.25) is 0 Å². The van der Waals surface area contributed by atoms with Crippen LogP contribution in [0, 0.1) is 0 Å². The van der Waals surface area contributed by atoms with Crippen LogP contribution in [0.1, 0.15) is 34.9 Å². The summed E-state index contributed by atoms with van der Waals surface area (Å²) < 4.78 is 5.22. The second kappa shape index (κ2) is 6.04. The quantitative estimate of drug-likeness (QED) is 0.788. The lowest BCUT2D eigenvalue weighted by atomic mass is 10.0. The summed E-state index contributed by atoms with van der Waals surface area (Å²) in [4.78, 5) is 18.2. The predicted molar refractivity (Wildman–Crippen MR) is 94.3 cm³/mol. The molecule has 0 spiro atoms. The molecule has 1 amide bonds. The lowest BCUT2D eigenvalue weighted by molar-refractivity contribution is 0.0730. The van der Waals surface area contributed by atoms with Crippen molar-refractivity contribution in [3.8, 4) is 5.75 Å². The summed E-state index contributed by atoms with van der Waals surface area (Å²) in [5, 5.41) is 1.07. The molecule has 1 fully saturated rings. The summed E-state index contributed by atoms with van der Waals surface area (Å²) in [6.07, 6.45) is 2.03. The minimum absolute atomic E-state index is 0.0736. The molecule has 4 heteroatoms. The lowest BCUT2D eigenvalue weighted by Crippen LogP contribution is -2.30. The van der Waals surface area contributed by atoms with Crippen LogP contribution in [0.15, 0.2) is 54.6 Å². The predicted octanol–water partition coefficient (Wildman–Crippen LogP) is 4.15. The first kappa shape index (κ1) is 14.8. The fourth-order valence-corrected chi connectivity index (χ4v) is 3.53. The Bertz CT molecular complexity index is 834. The van der Waals surface area contributed by atoms with Gasteiger partial charge in [-0.3, -0.25) is 4.79 Å². The molecule has 0 radical (unpaired) electrons. The minimum atomic E-state index is 0.0736. The Labute approximate surface area is 141 Å². The normalized spacial score (nSPS) is 17.4. The van der Waals surface area contributed by atoms with Crippen molar-refractivity contribution in [2.75, 3.05) is 13.7 Å². The number of carbonyl (C=O) groups excluding carboxylic acids is 1. The van der Waals surface area contributed by atoms with E-state index < -0.39 is 0 Å². The fraction of sp³-hybridized carbons (Fsp3) is 0.250. The number of benzene rings is 2. The molecule has 2 heterocycles. The number of ether oxygens (including phenoxy) is 1. The average molecular weight is 320 g/mol. The van der Waals surface area contributed by atoms with E-state index in [9.17, 15) is 4.79 Å². The molecule has 1 saturated heterocycles. The van der Waals surface area contributed by atoms with E-state index in [0.717, 1.165) is 41.6 Å². The topological polar surface area (TPSA) is 45.3 Å². The average Bonchev–Trinajstić information content (AvgIpc) is 3.28. The number of aromatic amines is 1. The van der Waals surface area contributed by atoms with Crippen molar-refractivity contribution in [2.24, 2.45) is 0 Å². The first-order valence-electron chi connectivity index (χ1n) is 8.29. The molecular formula is C20H20N2O2. The zero-order chi connectivity index (χ0) is 16.5. The molecule has 2 aromatic carbocycles. The van der Waals surface area contributed by atoms with Crippen molar-refractivity contribution in [2.45, 2.75) is 18.9 Å². The maximum absolute atomic E-state index is 13.0. The third-order valence-corrected chi connectivity index (χ3v) is 4.77. The van der Waals surface area contributed by atoms with Gasteiger partial charge in [0.25, 0.3) is 5.91 Å². The summed E-state index contributed by atoms with van der Waals surface area (Å²) in [7, 11) is 1.66. The van der Waals surface area contributed by atoms with E-state index in [-0.39, 0.29) is 11.9 Å². The first-order valence-corrected chi connectivity index (χ1v) is 8.29. The maximum atomic E-state index is 13.0. The molecule has 24 heavy (non-hydrogen) atoms. The summed E-state index contributed by atoms with van der Waals surface area (Å²) >= 11 is 0. The highest BCUT2D eigenvalue weighted by atomic mass is 16.5. The number of para-hydroxylation sites is 1. The number of nitrogens with one attached hydrogen (secondary N) is 1. The minimum Gasteiger partial charge on any atom is -0.497 e. The van der Waals surface area contributed by atoms with Crippen LogP contribution >= 0.6 is 0 Å². The number of nitrogens with zero attached hydrogens (tertiary/aromatic N) is 1. The van der Waals surface area contributed by atoms with E-state index in [1.54, 1.807) is 7.11 Å². The standard InChI is InChI=1S/C20H20N2O2/c1-24-16-10-8-14(9-11-16)19-7-4-12-22(19)20(23)18-13-15-5-2-3-6-17(15)21-18/h2-3,5-6,8-11,13,19,21H,4,7,12H2,1H3/t19-/m0/s1. The van der Waals surface area contributed by atoms with Crippen molar-refractivity contribution < 1.29 is 9.53 Å². The number of H-pyrrole nitrogens is 1. The number of fused-ring (bicyclic) bond motifs is 1. The van der Waals surface area contributed by atoms with Gasteiger partial charge in [0.1, 0.15) is 11.4 Å². The Morgan fingerprint density at radius 1 is 1.17 bits per heavy atom. The highest BCUT2D eigenvalue weighted by Crippen LogP contribution is 2.34. The van der Waals surface area contributed by atoms with Crippen LogP contribution in [0.25, 0.3) is 10.9 Å². The molecule has 0 unspecified atom stereocenters. The number of hydrogen-bond acceptors (Lipinski definition) is 2. The summed E-state index contributed by atoms with van der Waals surface area (Å²) in [5.41, 5.74) is 2.83. The molecule has 1 atom stereocenters. The van der Waals surface area contributed by atoms with Gasteiger partial charge < -0.3 is 14.6 Å². The summed E-state index contributed by atoms with van der Waals surface area (Å²) in [5.74, 6) is 0.912. The second-order valence-corrected chi connectivity index (χ2v) is 6.20. The summed E-state index contributed by atoms with van der Waals surface area (Å²) in [6.45, 7) is 0.797. The van der Waals surface area contributed by atoms with Crippen molar-refractivity contribution >= 4 is 16.8 Å². The van der Waals surface area contributed by atoms with Crippen LogP contribution in [-0.2, 0) is 0 Å². The Morgan fingerprint density at radius 2 is 1.96 bits per heavy atom. The van der Waals surface area contributed by atoms with Crippen LogP contribution < -0.4 is 4.74 Å². The second-order valence-electron chi connectivity index (χ2n) is 6.20. The van der Waals surface area contributed by atoms with Crippen molar-refractivity contribution in [1.82, 2.24) is 9.88 Å². The van der Waals surface area contributed by atoms with E-state index in [0.29, 0.717) is 5.69 Å². The van der Waals surface area contributed by atoms with Gasteiger partial charge in [-0.15, -0.1) is 0 Å². The van der Waals surface area contributed by atoms with Gasteiger partial charge in [-0.25, -0.2) is 0 Å². The Morgan fingerprint density at radius 3 is 2.71 bits per heavy atom. The third-order valence-electron chi connectivity index (χ3n) is 4.77. The molecule has 122 valence electrons. The molecule has 1 aliphatic rings. The number of methoxy groups -OCH3 is 1. The number of carbonyl (C=O) groups is 1. The smallest absolute Gasteiger partial charge is 0.270 e. The van der Waals surface area contributed by atoms with Gasteiger partial charge in [-0.2, -0.15) is 0 Å². The molecule has 0 saturated carbocycles. The van der Waals surface area contributed by atoms with Gasteiger partial charge in [0, 0.05) is 17.4 Å². The van der Waals surface area contributed by atoms with Crippen LogP contribution in [0.4, 0.5) is 0 Å². The van der Waals surface area contributed by atoms with E-state index in [2.05, 4.69) is 17.1 Å². The molecule has 1 aromatic heterocycles. The van der Waals surface area contributed by atoms with Gasteiger partial charge in [0.2, 0.25) is 0 Å². The molecular weight excluding hydrogens is 300 g/mol. The number of likely N-dealkylation sites (tertiary alicyclic amines) is 1. The van der Waals surface area contributed by atoms with Crippen LogP contribution in [0.3, 0.4) is 0 Å². The Balaban J connectivity index is 1.62. The zero-order valence-electron chi connectivity index (χ0n) is 13.7. The molecule has 1 aliphatic heterocycles. The monoisotopic (exact) mass is 320 g/mol. The van der Waals surface area contributed by atoms with Gasteiger partial charge in [-0.1, -0.05) is 30.3 Å². The summed E-state index contributed by atoms with van der Waals surface area (Å²) in [6, 6.07) is 18.1. The van der Waals surface area contributed by atoms with Crippen molar-refractivity contribution in [1.29, 1.82) is 0 Å². The molecule has 0 bridgehead atoms. The van der Waals surface area contributed by atoms with Gasteiger partial charge in [0.15, 0.2) is 0 Å². The number of rotatable bonds is 3. The molecule has 4 nitrogen and oxygen atoms in total. The van der Waals surface area contributed by atoms with E-state index in [4.69, 9.17) is 4.74 Å². The first-order chi connectivity index (χ1) is 11.8. The van der Waals surface area contributed by atoms with E-state index in [1.807, 2.05) is 47.4 Å². The largest absolute Gasteiger partial charge is 0.497 e. The number of amides is 1.